The molecule has 0 saturated carbocycles. The Hall–Kier alpha value is -15.1. The van der Waals surface area contributed by atoms with Gasteiger partial charge in [0, 0.05) is 110 Å². The normalized spacial score (nSPS) is 9.92. The lowest BCUT2D eigenvalue weighted by atomic mass is 10.2. The Kier molecular flexibility index (Phi) is 35.9. The highest BCUT2D eigenvalue weighted by Gasteiger charge is 2.14. The van der Waals surface area contributed by atoms with Crippen LogP contribution in [0.1, 0.15) is 27.8 Å². The van der Waals surface area contributed by atoms with Crippen LogP contribution in [0.3, 0.4) is 0 Å². The quantitative estimate of drug-likeness (QED) is 0.0501. The summed E-state index contributed by atoms with van der Waals surface area (Å²) in [6, 6.07) is 107. The molecule has 0 aliphatic heterocycles. The number of aromatic nitrogens is 5. The molecular formula is C96H83Cl4N13O10. The number of pyridine rings is 5. The minimum atomic E-state index is 0. The maximum atomic E-state index is 9.21. The second kappa shape index (κ2) is 48.1. The molecule has 0 spiro atoms. The number of hydrogen-bond acceptors (Lipinski definition) is 23. The zero-order valence-electron chi connectivity index (χ0n) is 67.4. The van der Waals surface area contributed by atoms with Gasteiger partial charge in [0.05, 0.1) is 34.9 Å². The molecule has 0 bridgehead atoms. The number of anilines is 3. The summed E-state index contributed by atoms with van der Waals surface area (Å²) >= 11 is 16.8. The summed E-state index contributed by atoms with van der Waals surface area (Å²) in [5.41, 5.74) is 14.8. The molecule has 0 aliphatic carbocycles. The van der Waals surface area contributed by atoms with E-state index in [4.69, 9.17) is 99.4 Å². The number of benzene rings is 10. The third kappa shape index (κ3) is 31.6. The molecule has 27 heteroatoms. The Labute approximate surface area is 734 Å². The van der Waals surface area contributed by atoms with E-state index in [2.05, 4.69) is 31.0 Å². The van der Waals surface area contributed by atoms with E-state index in [1.54, 1.807) is 54.6 Å². The van der Waals surface area contributed by atoms with Crippen molar-refractivity contribution < 1.29 is 47.7 Å². The number of nitrogens with zero attached hydrogens (tertiary/aromatic N) is 11. The predicted molar refractivity (Wildman–Crippen MR) is 483 cm³/mol. The molecule has 10 aromatic carbocycles. The van der Waals surface area contributed by atoms with Gasteiger partial charge in [0.15, 0.2) is 0 Å². The molecule has 15 rings (SSSR count). The molecule has 0 atom stereocenters. The van der Waals surface area contributed by atoms with E-state index >= 15 is 0 Å². The third-order valence-electron chi connectivity index (χ3n) is 16.1. The first-order valence-electron chi connectivity index (χ1n) is 37.4. The fourth-order valence-corrected chi connectivity index (χ4v) is 11.1. The summed E-state index contributed by atoms with van der Waals surface area (Å²) in [6.45, 7) is 0.855. The monoisotopic (exact) mass is 1720 g/mol. The van der Waals surface area contributed by atoms with E-state index in [1.165, 1.54) is 24.3 Å². The fourth-order valence-electron chi connectivity index (χ4n) is 10.4. The lowest BCUT2D eigenvalue weighted by molar-refractivity contribution is 0.448. The van der Waals surface area contributed by atoms with Crippen molar-refractivity contribution in [2.75, 3.05) is 57.0 Å². The van der Waals surface area contributed by atoms with Gasteiger partial charge in [0.1, 0.15) is 119 Å². The van der Waals surface area contributed by atoms with Crippen LogP contribution in [-0.4, -0.2) is 72.3 Å². The molecule has 620 valence electrons. The number of aromatic hydroxyl groups is 1. The van der Waals surface area contributed by atoms with Crippen LogP contribution in [0.5, 0.6) is 110 Å². The molecule has 0 aliphatic rings. The van der Waals surface area contributed by atoms with Crippen molar-refractivity contribution in [2.24, 2.45) is 11.5 Å². The number of nitriles is 3. The SMILES string of the molecule is CN(C)c1cc(C#N)cc(Oc2cccc(Oc3ccccc3)c2)n1.CN(C)c1cc(CN)cc(Oc2cccc(Oc3ccccc3)c2)n1.CN(C)c1cc(CN)cc(Oc2cccc(Oc3ccccc3)c2)n1.Cl.N#Cc1cc(Cl)nc(Cl)c1.N#Cc1cc(Cl)nc(Oc2cccc(Oc3ccccc3)c2)c1.Oc1cccc(Oc2ccccc2)c1. The van der Waals surface area contributed by atoms with E-state index in [0.717, 1.165) is 51.5 Å². The third-order valence-corrected chi connectivity index (χ3v) is 16.7. The summed E-state index contributed by atoms with van der Waals surface area (Å²) < 4.78 is 52.0. The average Bonchev–Trinajstić information content (AvgIpc) is 0.864. The zero-order valence-corrected chi connectivity index (χ0v) is 70.5. The minimum Gasteiger partial charge on any atom is -0.508 e. The lowest BCUT2D eigenvalue weighted by Crippen LogP contribution is -2.12. The Bertz CT molecular complexity index is 5820. The summed E-state index contributed by atoms with van der Waals surface area (Å²) in [5, 5.41) is 36.4. The van der Waals surface area contributed by atoms with Gasteiger partial charge < -0.3 is 73.9 Å². The molecule has 15 aromatic rings. The second-order valence-electron chi connectivity index (χ2n) is 26.2. The fraction of sp³-hybridized carbons (Fsp3) is 0.0833. The average molecular weight is 1720 g/mol. The maximum Gasteiger partial charge on any atom is 0.222 e. The summed E-state index contributed by atoms with van der Waals surface area (Å²) in [4.78, 5) is 26.8. The standard InChI is InChI=1S/2C20H21N3O2.C20H17N3O2.C18H11ClN2O2.C12H10O2.C6H2Cl2N2.ClH/c3*1-23(2)19-11-15(14-21)12-20(22-19)25-18-10-6-9-17(13-18)24-16-7-4-3-5-8-16;19-17-9-13(12-20)10-18(21-17)23-16-8-4-7-15(11-16)22-14-5-2-1-3-6-14;13-10-5-4-8-12(9-10)14-11-6-2-1-3-7-11;7-5-1-4(3-9)2-6(8)10-5;/h2*3-13H,14,21H2,1-2H3;3-13H,1-2H3;1-11H;1-9,13H;1-2H;1H. The van der Waals surface area contributed by atoms with Crippen molar-refractivity contribution in [3.8, 4) is 128 Å². The van der Waals surface area contributed by atoms with Crippen molar-refractivity contribution >= 4 is 64.7 Å². The number of para-hydroxylation sites is 5. The van der Waals surface area contributed by atoms with Crippen LogP contribution in [-0.2, 0) is 13.1 Å². The minimum absolute atomic E-state index is 0. The smallest absolute Gasteiger partial charge is 0.222 e. The van der Waals surface area contributed by atoms with Crippen molar-refractivity contribution in [1.29, 1.82) is 15.8 Å². The number of hydrogen-bond donors (Lipinski definition) is 3. The van der Waals surface area contributed by atoms with Gasteiger partial charge in [-0.3, -0.25) is 0 Å². The highest BCUT2D eigenvalue weighted by molar-refractivity contribution is 6.32. The van der Waals surface area contributed by atoms with Crippen LogP contribution >= 0.6 is 47.2 Å². The number of nitrogens with two attached hydrogens (primary N) is 2. The second-order valence-corrected chi connectivity index (χ2v) is 27.4. The Morgan fingerprint density at radius 3 is 0.772 bits per heavy atom. The summed E-state index contributed by atoms with van der Waals surface area (Å²) in [7, 11) is 11.5. The van der Waals surface area contributed by atoms with Crippen molar-refractivity contribution in [2.45, 2.75) is 13.1 Å². The molecule has 0 unspecified atom stereocenters. The van der Waals surface area contributed by atoms with Gasteiger partial charge in [-0.2, -0.15) is 30.7 Å². The van der Waals surface area contributed by atoms with Crippen LogP contribution in [0, 0.1) is 34.0 Å². The first-order valence-corrected chi connectivity index (χ1v) is 38.6. The molecule has 5 aromatic heterocycles. The topological polar surface area (TPSA) is 301 Å². The number of phenols is 1. The molecular weight excluding hydrogens is 1640 g/mol. The van der Waals surface area contributed by atoms with Crippen LogP contribution < -0.4 is 68.8 Å². The lowest BCUT2D eigenvalue weighted by Gasteiger charge is -2.15. The highest BCUT2D eigenvalue weighted by atomic mass is 35.5. The van der Waals surface area contributed by atoms with E-state index < -0.39 is 0 Å². The number of halogens is 4. The van der Waals surface area contributed by atoms with Gasteiger partial charge in [-0.15, -0.1) is 12.4 Å². The van der Waals surface area contributed by atoms with E-state index in [-0.39, 0.29) is 39.5 Å². The van der Waals surface area contributed by atoms with Gasteiger partial charge in [-0.05, 0) is 169 Å². The Morgan fingerprint density at radius 1 is 0.268 bits per heavy atom. The van der Waals surface area contributed by atoms with Crippen LogP contribution in [0.15, 0.2) is 334 Å². The molecule has 0 amide bonds. The van der Waals surface area contributed by atoms with Crippen LogP contribution in [0.2, 0.25) is 15.5 Å². The molecule has 0 fully saturated rings. The number of rotatable bonds is 23. The summed E-state index contributed by atoms with van der Waals surface area (Å²) in [5.74, 6) is 13.6. The highest BCUT2D eigenvalue weighted by Crippen LogP contribution is 2.35. The van der Waals surface area contributed by atoms with Gasteiger partial charge >= 0.3 is 0 Å². The number of phenolic OH excluding ortho intramolecular Hbond substituents is 1. The molecule has 23 nitrogen and oxygen atoms in total. The van der Waals surface area contributed by atoms with Crippen molar-refractivity contribution in [1.82, 2.24) is 24.9 Å². The van der Waals surface area contributed by atoms with Gasteiger partial charge in [0.25, 0.3) is 0 Å². The molecule has 5 N–H and O–H groups in total. The van der Waals surface area contributed by atoms with Gasteiger partial charge in [-0.1, -0.05) is 156 Å². The van der Waals surface area contributed by atoms with Gasteiger partial charge in [-0.25, -0.2) is 9.97 Å². The first-order chi connectivity index (χ1) is 59.2. The van der Waals surface area contributed by atoms with Gasteiger partial charge in [0.2, 0.25) is 23.5 Å². The van der Waals surface area contributed by atoms with E-state index in [9.17, 15) is 10.4 Å². The number of ether oxygens (including phenoxy) is 9. The van der Waals surface area contributed by atoms with E-state index in [0.29, 0.717) is 105 Å². The van der Waals surface area contributed by atoms with Crippen molar-refractivity contribution in [3.05, 3.63) is 377 Å². The largest absolute Gasteiger partial charge is 0.508 e. The summed E-state index contributed by atoms with van der Waals surface area (Å²) in [6.07, 6.45) is 0. The molecule has 123 heavy (non-hydrogen) atoms. The van der Waals surface area contributed by atoms with Crippen LogP contribution in [0.4, 0.5) is 17.5 Å². The Morgan fingerprint density at radius 2 is 0.496 bits per heavy atom. The predicted octanol–water partition coefficient (Wildman–Crippen LogP) is 24.0. The first kappa shape index (κ1) is 91.8. The maximum absolute atomic E-state index is 9.21. The molecule has 0 radical (unpaired) electrons. The molecule has 0 saturated heterocycles. The zero-order chi connectivity index (χ0) is 86.4. The molecule has 5 heterocycles. The van der Waals surface area contributed by atoms with Crippen molar-refractivity contribution in [3.63, 3.8) is 0 Å². The van der Waals surface area contributed by atoms with E-state index in [1.807, 2.05) is 324 Å². The Balaban J connectivity index is 0.000000171. The van der Waals surface area contributed by atoms with Crippen LogP contribution in [0.25, 0.3) is 0 Å².